The Balaban J connectivity index is 3.75. The van der Waals surface area contributed by atoms with E-state index in [0.29, 0.717) is 0 Å². The zero-order valence-electron chi connectivity index (χ0n) is 9.90. The van der Waals surface area contributed by atoms with Crippen LogP contribution < -0.4 is 5.73 Å². The minimum Gasteiger partial charge on any atom is -0.395 e. The Labute approximate surface area is 87.7 Å². The van der Waals surface area contributed by atoms with Gasteiger partial charge in [-0.25, -0.2) is 0 Å². The standard InChI is InChI=1S/C10H25N3O/c1-9(11)10(8-14)13(4)7-5-6-12(2)3/h9-10,14H,5-8,11H2,1-4H3. The first kappa shape index (κ1) is 13.8. The molecule has 0 aromatic carbocycles. The molecular formula is C10H25N3O. The molecular weight excluding hydrogens is 178 g/mol. The van der Waals surface area contributed by atoms with Crippen molar-refractivity contribution in [1.29, 1.82) is 0 Å². The van der Waals surface area contributed by atoms with Crippen LogP contribution in [0.3, 0.4) is 0 Å². The molecule has 86 valence electrons. The number of rotatable bonds is 7. The predicted molar refractivity (Wildman–Crippen MR) is 60.3 cm³/mol. The molecule has 2 atom stereocenters. The molecule has 0 saturated heterocycles. The van der Waals surface area contributed by atoms with Gasteiger partial charge in [-0.2, -0.15) is 0 Å². The van der Waals surface area contributed by atoms with E-state index in [1.54, 1.807) is 0 Å². The molecule has 0 aliphatic rings. The summed E-state index contributed by atoms with van der Waals surface area (Å²) in [5.41, 5.74) is 5.77. The fourth-order valence-electron chi connectivity index (χ4n) is 1.51. The van der Waals surface area contributed by atoms with E-state index in [0.717, 1.165) is 19.5 Å². The van der Waals surface area contributed by atoms with Gasteiger partial charge in [0.2, 0.25) is 0 Å². The molecule has 2 unspecified atom stereocenters. The zero-order valence-corrected chi connectivity index (χ0v) is 9.90. The van der Waals surface area contributed by atoms with Crippen molar-refractivity contribution in [2.75, 3.05) is 40.8 Å². The molecule has 0 aromatic heterocycles. The summed E-state index contributed by atoms with van der Waals surface area (Å²) in [6.45, 7) is 4.12. The van der Waals surface area contributed by atoms with E-state index < -0.39 is 0 Å². The smallest absolute Gasteiger partial charge is 0.0601 e. The SMILES string of the molecule is CC(N)C(CO)N(C)CCCN(C)C. The maximum Gasteiger partial charge on any atom is 0.0601 e. The lowest BCUT2D eigenvalue weighted by atomic mass is 10.1. The number of aliphatic hydroxyl groups excluding tert-OH is 1. The van der Waals surface area contributed by atoms with Crippen molar-refractivity contribution < 1.29 is 5.11 Å². The van der Waals surface area contributed by atoms with E-state index >= 15 is 0 Å². The Bertz CT molecular complexity index is 139. The maximum absolute atomic E-state index is 9.14. The Morgan fingerprint density at radius 1 is 1.21 bits per heavy atom. The largest absolute Gasteiger partial charge is 0.395 e. The van der Waals surface area contributed by atoms with E-state index in [-0.39, 0.29) is 18.7 Å². The van der Waals surface area contributed by atoms with Crippen LogP contribution in [0.1, 0.15) is 13.3 Å². The molecule has 0 fully saturated rings. The van der Waals surface area contributed by atoms with E-state index in [9.17, 15) is 0 Å². The van der Waals surface area contributed by atoms with Gasteiger partial charge in [0.25, 0.3) is 0 Å². The molecule has 4 nitrogen and oxygen atoms in total. The van der Waals surface area contributed by atoms with Crippen LogP contribution >= 0.6 is 0 Å². The van der Waals surface area contributed by atoms with Crippen molar-refractivity contribution in [3.05, 3.63) is 0 Å². The van der Waals surface area contributed by atoms with Crippen molar-refractivity contribution in [2.45, 2.75) is 25.4 Å². The highest BCUT2D eigenvalue weighted by molar-refractivity contribution is 4.76. The quantitative estimate of drug-likeness (QED) is 0.590. The molecule has 14 heavy (non-hydrogen) atoms. The Hall–Kier alpha value is -0.160. The second-order valence-electron chi connectivity index (χ2n) is 4.25. The first-order valence-corrected chi connectivity index (χ1v) is 5.20. The minimum absolute atomic E-state index is 0.0179. The molecule has 0 aliphatic heterocycles. The monoisotopic (exact) mass is 203 g/mol. The van der Waals surface area contributed by atoms with Crippen LogP contribution in [0.15, 0.2) is 0 Å². The molecule has 3 N–H and O–H groups in total. The van der Waals surface area contributed by atoms with Crippen molar-refractivity contribution in [3.63, 3.8) is 0 Å². The Kier molecular flexibility index (Phi) is 7.09. The summed E-state index contributed by atoms with van der Waals surface area (Å²) in [7, 11) is 6.14. The molecule has 0 saturated carbocycles. The van der Waals surface area contributed by atoms with E-state index in [4.69, 9.17) is 10.8 Å². The van der Waals surface area contributed by atoms with Crippen LogP contribution in [0.4, 0.5) is 0 Å². The van der Waals surface area contributed by atoms with Crippen molar-refractivity contribution >= 4 is 0 Å². The average molecular weight is 203 g/mol. The van der Waals surface area contributed by atoms with E-state index in [1.807, 2.05) is 14.0 Å². The highest BCUT2D eigenvalue weighted by atomic mass is 16.3. The molecule has 0 bridgehead atoms. The average Bonchev–Trinajstić information content (AvgIpc) is 2.03. The fraction of sp³-hybridized carbons (Fsp3) is 1.00. The summed E-state index contributed by atoms with van der Waals surface area (Å²) in [5, 5.41) is 9.14. The third-order valence-corrected chi connectivity index (χ3v) is 2.48. The molecule has 0 rings (SSSR count). The summed E-state index contributed by atoms with van der Waals surface area (Å²) in [6, 6.07) is 0.0986. The Morgan fingerprint density at radius 3 is 2.14 bits per heavy atom. The van der Waals surface area contributed by atoms with Gasteiger partial charge < -0.3 is 15.7 Å². The number of aliphatic hydroxyl groups is 1. The zero-order chi connectivity index (χ0) is 11.1. The lowest BCUT2D eigenvalue weighted by Gasteiger charge is -2.29. The summed E-state index contributed by atoms with van der Waals surface area (Å²) < 4.78 is 0. The topological polar surface area (TPSA) is 52.7 Å². The number of hydrogen-bond donors (Lipinski definition) is 2. The van der Waals surface area contributed by atoms with Crippen LogP contribution in [-0.2, 0) is 0 Å². The van der Waals surface area contributed by atoms with Crippen LogP contribution in [-0.4, -0.2) is 67.8 Å². The van der Waals surface area contributed by atoms with E-state index in [1.165, 1.54) is 0 Å². The molecule has 0 heterocycles. The van der Waals surface area contributed by atoms with Gasteiger partial charge in [0, 0.05) is 12.1 Å². The number of nitrogens with zero attached hydrogens (tertiary/aromatic N) is 2. The summed E-state index contributed by atoms with van der Waals surface area (Å²) >= 11 is 0. The molecule has 4 heteroatoms. The summed E-state index contributed by atoms with van der Waals surface area (Å²) in [6.07, 6.45) is 1.10. The van der Waals surface area contributed by atoms with Crippen LogP contribution in [0, 0.1) is 0 Å². The molecule has 0 radical (unpaired) electrons. The highest BCUT2D eigenvalue weighted by Gasteiger charge is 2.17. The maximum atomic E-state index is 9.14. The van der Waals surface area contributed by atoms with Crippen LogP contribution in [0.5, 0.6) is 0 Å². The van der Waals surface area contributed by atoms with Gasteiger partial charge in [-0.3, -0.25) is 4.90 Å². The molecule has 0 aliphatic carbocycles. The Morgan fingerprint density at radius 2 is 1.79 bits per heavy atom. The summed E-state index contributed by atoms with van der Waals surface area (Å²) in [4.78, 5) is 4.29. The van der Waals surface area contributed by atoms with Gasteiger partial charge in [0.05, 0.1) is 6.61 Å². The highest BCUT2D eigenvalue weighted by Crippen LogP contribution is 2.01. The summed E-state index contributed by atoms with van der Waals surface area (Å²) in [5.74, 6) is 0. The third-order valence-electron chi connectivity index (χ3n) is 2.48. The van der Waals surface area contributed by atoms with Crippen molar-refractivity contribution in [2.24, 2.45) is 5.73 Å². The van der Waals surface area contributed by atoms with E-state index in [2.05, 4.69) is 23.9 Å². The number of likely N-dealkylation sites (N-methyl/N-ethyl adjacent to an activating group) is 1. The third kappa shape index (κ3) is 5.54. The lowest BCUT2D eigenvalue weighted by Crippen LogP contribution is -2.47. The van der Waals surface area contributed by atoms with Crippen LogP contribution in [0.25, 0.3) is 0 Å². The van der Waals surface area contributed by atoms with Crippen molar-refractivity contribution in [3.8, 4) is 0 Å². The molecule has 0 aromatic rings. The van der Waals surface area contributed by atoms with Gasteiger partial charge in [-0.05, 0) is 47.6 Å². The number of hydrogen-bond acceptors (Lipinski definition) is 4. The lowest BCUT2D eigenvalue weighted by molar-refractivity contribution is 0.127. The first-order chi connectivity index (χ1) is 6.49. The van der Waals surface area contributed by atoms with Gasteiger partial charge in [0.15, 0.2) is 0 Å². The first-order valence-electron chi connectivity index (χ1n) is 5.20. The van der Waals surface area contributed by atoms with Gasteiger partial charge >= 0.3 is 0 Å². The normalized spacial score (nSPS) is 16.3. The second-order valence-corrected chi connectivity index (χ2v) is 4.25. The van der Waals surface area contributed by atoms with Gasteiger partial charge in [0.1, 0.15) is 0 Å². The minimum atomic E-state index is 0.0179. The van der Waals surface area contributed by atoms with Crippen molar-refractivity contribution in [1.82, 2.24) is 9.80 Å². The predicted octanol–water partition coefficient (Wildman–Crippen LogP) is -0.422. The molecule has 0 amide bonds. The van der Waals surface area contributed by atoms with Crippen LogP contribution in [0.2, 0.25) is 0 Å². The van der Waals surface area contributed by atoms with Gasteiger partial charge in [-0.1, -0.05) is 0 Å². The fourth-order valence-corrected chi connectivity index (χ4v) is 1.51. The number of nitrogens with two attached hydrogens (primary N) is 1. The molecule has 0 spiro atoms. The second kappa shape index (κ2) is 7.17. The van der Waals surface area contributed by atoms with Gasteiger partial charge in [-0.15, -0.1) is 0 Å².